The molecule has 1 amide bonds. The Morgan fingerprint density at radius 2 is 2.17 bits per heavy atom. The van der Waals surface area contributed by atoms with Gasteiger partial charge in [-0.2, -0.15) is 0 Å². The summed E-state index contributed by atoms with van der Waals surface area (Å²) in [5, 5.41) is 0. The number of carbonyl (C=O) groups excluding carboxylic acids is 1. The van der Waals surface area contributed by atoms with Gasteiger partial charge in [0.15, 0.2) is 0 Å². The lowest BCUT2D eigenvalue weighted by Gasteiger charge is -2.13. The van der Waals surface area contributed by atoms with Gasteiger partial charge in [0.25, 0.3) is 0 Å². The lowest BCUT2D eigenvalue weighted by atomic mass is 10.1. The van der Waals surface area contributed by atoms with Crippen molar-refractivity contribution >= 4 is 12.2 Å². The molecule has 0 aromatic heterocycles. The Balaban J connectivity index is 2.22. The van der Waals surface area contributed by atoms with Gasteiger partial charge in [-0.1, -0.05) is 18.7 Å². The Kier molecular flexibility index (Phi) is 3.67. The molecule has 0 spiro atoms. The number of carbonyl (C=O) groups is 1. The quantitative estimate of drug-likeness (QED) is 0.765. The summed E-state index contributed by atoms with van der Waals surface area (Å²) in [6, 6.07) is 7.58. The van der Waals surface area contributed by atoms with Crippen LogP contribution < -0.4 is 4.74 Å². The first kappa shape index (κ1) is 12.2. The predicted molar refractivity (Wildman–Crippen MR) is 69.2 cm³/mol. The van der Waals surface area contributed by atoms with E-state index in [4.69, 9.17) is 9.47 Å². The van der Waals surface area contributed by atoms with E-state index in [1.54, 1.807) is 18.1 Å². The number of rotatable bonds is 4. The average molecular weight is 245 g/mol. The third-order valence-corrected chi connectivity index (χ3v) is 2.71. The van der Waals surface area contributed by atoms with Gasteiger partial charge >= 0.3 is 6.09 Å². The second-order valence-electron chi connectivity index (χ2n) is 3.81. The number of ether oxygens (including phenoxy) is 2. The van der Waals surface area contributed by atoms with Crippen LogP contribution in [-0.4, -0.2) is 31.3 Å². The number of hydrogen-bond donors (Lipinski definition) is 0. The first-order valence-corrected chi connectivity index (χ1v) is 5.67. The summed E-state index contributed by atoms with van der Waals surface area (Å²) in [5.74, 6) is 0.799. The highest BCUT2D eigenvalue weighted by Gasteiger charge is 2.23. The molecule has 0 radical (unpaired) electrons. The molecule has 0 atom stereocenters. The van der Waals surface area contributed by atoms with Crippen LogP contribution in [0, 0.1) is 0 Å². The van der Waals surface area contributed by atoms with E-state index in [0.29, 0.717) is 13.2 Å². The third-order valence-electron chi connectivity index (χ3n) is 2.71. The highest BCUT2D eigenvalue weighted by atomic mass is 16.6. The second kappa shape index (κ2) is 5.40. The first-order valence-electron chi connectivity index (χ1n) is 5.67. The van der Waals surface area contributed by atoms with Gasteiger partial charge in [0.2, 0.25) is 0 Å². The molecule has 2 rings (SSSR count). The van der Waals surface area contributed by atoms with E-state index in [9.17, 15) is 4.79 Å². The summed E-state index contributed by atoms with van der Waals surface area (Å²) in [4.78, 5) is 13.0. The highest BCUT2D eigenvalue weighted by Crippen LogP contribution is 2.18. The maximum Gasteiger partial charge on any atom is 0.414 e. The minimum Gasteiger partial charge on any atom is -0.497 e. The lowest BCUT2D eigenvalue weighted by molar-refractivity contribution is 0.165. The zero-order valence-electron chi connectivity index (χ0n) is 10.3. The van der Waals surface area contributed by atoms with Crippen LogP contribution >= 0.6 is 0 Å². The lowest BCUT2D eigenvalue weighted by Crippen LogP contribution is -2.22. The summed E-state index contributed by atoms with van der Waals surface area (Å²) in [6.07, 6.45) is 3.21. The second-order valence-corrected chi connectivity index (χ2v) is 3.81. The van der Waals surface area contributed by atoms with E-state index < -0.39 is 0 Å². The van der Waals surface area contributed by atoms with Gasteiger partial charge in [-0.3, -0.25) is 4.90 Å². The Labute approximate surface area is 106 Å². The van der Waals surface area contributed by atoms with Crippen LogP contribution in [0.5, 0.6) is 5.75 Å². The Morgan fingerprint density at radius 1 is 1.44 bits per heavy atom. The molecule has 18 heavy (non-hydrogen) atoms. The van der Waals surface area contributed by atoms with Gasteiger partial charge < -0.3 is 9.47 Å². The standard InChI is InChI=1S/C14H15NO3/c1-3-12(15-8-9-18-14(15)16)10-11-4-6-13(17-2)7-5-11/h3-7,10H,1,8-9H2,2H3/b12-10+. The molecule has 1 saturated heterocycles. The Morgan fingerprint density at radius 3 is 2.67 bits per heavy atom. The van der Waals surface area contributed by atoms with Crippen molar-refractivity contribution in [3.63, 3.8) is 0 Å². The maximum atomic E-state index is 11.5. The molecule has 0 bridgehead atoms. The SMILES string of the molecule is C=C/C(=C\c1ccc(OC)cc1)N1CCOC1=O. The molecule has 0 saturated carbocycles. The molecular formula is C14H15NO3. The number of amides is 1. The van der Waals surface area contributed by atoms with Gasteiger partial charge in [0.05, 0.1) is 13.7 Å². The summed E-state index contributed by atoms with van der Waals surface area (Å²) in [7, 11) is 1.63. The zero-order valence-corrected chi connectivity index (χ0v) is 10.3. The molecular weight excluding hydrogens is 230 g/mol. The van der Waals surface area contributed by atoms with Gasteiger partial charge in [-0.25, -0.2) is 4.79 Å². The van der Waals surface area contributed by atoms with Gasteiger partial charge in [0, 0.05) is 5.70 Å². The van der Waals surface area contributed by atoms with Crippen LogP contribution in [0.2, 0.25) is 0 Å². The van der Waals surface area contributed by atoms with E-state index in [0.717, 1.165) is 17.0 Å². The first-order chi connectivity index (χ1) is 8.74. The number of allylic oxidation sites excluding steroid dienone is 1. The normalized spacial score (nSPS) is 15.5. The van der Waals surface area contributed by atoms with Crippen LogP contribution in [-0.2, 0) is 4.74 Å². The molecule has 1 heterocycles. The molecule has 1 aliphatic heterocycles. The van der Waals surface area contributed by atoms with Crippen LogP contribution in [0.15, 0.2) is 42.6 Å². The predicted octanol–water partition coefficient (Wildman–Crippen LogP) is 2.67. The maximum absolute atomic E-state index is 11.5. The molecule has 1 aromatic rings. The van der Waals surface area contributed by atoms with E-state index in [1.807, 2.05) is 30.3 Å². The summed E-state index contributed by atoms with van der Waals surface area (Å²) in [6.45, 7) is 4.71. The van der Waals surface area contributed by atoms with E-state index in [-0.39, 0.29) is 6.09 Å². The van der Waals surface area contributed by atoms with E-state index in [1.165, 1.54) is 0 Å². The van der Waals surface area contributed by atoms with Crippen molar-refractivity contribution in [3.8, 4) is 5.75 Å². The molecule has 1 fully saturated rings. The fourth-order valence-electron chi connectivity index (χ4n) is 1.75. The molecule has 94 valence electrons. The van der Waals surface area contributed by atoms with E-state index >= 15 is 0 Å². The number of methoxy groups -OCH3 is 1. The van der Waals surface area contributed by atoms with Crippen LogP contribution in [0.3, 0.4) is 0 Å². The molecule has 1 aromatic carbocycles. The summed E-state index contributed by atoms with van der Waals surface area (Å²) >= 11 is 0. The fraction of sp³-hybridized carbons (Fsp3) is 0.214. The van der Waals surface area contributed by atoms with Crippen molar-refractivity contribution in [1.82, 2.24) is 4.90 Å². The molecule has 1 aliphatic rings. The minimum atomic E-state index is -0.324. The molecule has 4 nitrogen and oxygen atoms in total. The summed E-state index contributed by atoms with van der Waals surface area (Å²) in [5.41, 5.74) is 1.72. The molecule has 0 aliphatic carbocycles. The average Bonchev–Trinajstić information content (AvgIpc) is 2.83. The highest BCUT2D eigenvalue weighted by molar-refractivity contribution is 5.75. The number of benzene rings is 1. The van der Waals surface area contributed by atoms with E-state index in [2.05, 4.69) is 6.58 Å². The molecule has 0 unspecified atom stereocenters. The number of nitrogens with zero attached hydrogens (tertiary/aromatic N) is 1. The smallest absolute Gasteiger partial charge is 0.414 e. The largest absolute Gasteiger partial charge is 0.497 e. The van der Waals surface area contributed by atoms with Crippen molar-refractivity contribution < 1.29 is 14.3 Å². The zero-order chi connectivity index (χ0) is 13.0. The number of cyclic esters (lactones) is 1. The van der Waals surface area contributed by atoms with Crippen molar-refractivity contribution in [2.45, 2.75) is 0 Å². The monoisotopic (exact) mass is 245 g/mol. The van der Waals surface area contributed by atoms with Gasteiger partial charge in [-0.15, -0.1) is 0 Å². The van der Waals surface area contributed by atoms with Crippen molar-refractivity contribution in [1.29, 1.82) is 0 Å². The Bertz CT molecular complexity index is 476. The minimum absolute atomic E-state index is 0.324. The van der Waals surface area contributed by atoms with Crippen LogP contribution in [0.4, 0.5) is 4.79 Å². The molecule has 0 N–H and O–H groups in total. The van der Waals surface area contributed by atoms with Crippen LogP contribution in [0.25, 0.3) is 6.08 Å². The summed E-state index contributed by atoms with van der Waals surface area (Å²) < 4.78 is 9.99. The fourth-order valence-corrected chi connectivity index (χ4v) is 1.75. The van der Waals surface area contributed by atoms with Gasteiger partial charge in [0.1, 0.15) is 12.4 Å². The van der Waals surface area contributed by atoms with Crippen molar-refractivity contribution in [2.75, 3.05) is 20.3 Å². The van der Waals surface area contributed by atoms with Crippen molar-refractivity contribution in [3.05, 3.63) is 48.2 Å². The topological polar surface area (TPSA) is 38.8 Å². The third kappa shape index (κ3) is 2.53. The molecule has 4 heteroatoms. The van der Waals surface area contributed by atoms with Crippen molar-refractivity contribution in [2.24, 2.45) is 0 Å². The van der Waals surface area contributed by atoms with Crippen LogP contribution in [0.1, 0.15) is 5.56 Å². The Hall–Kier alpha value is -2.23. The van der Waals surface area contributed by atoms with Gasteiger partial charge in [-0.05, 0) is 29.8 Å². The number of hydrogen-bond acceptors (Lipinski definition) is 3.